The van der Waals surface area contributed by atoms with Gasteiger partial charge in [0, 0.05) is 60.7 Å². The van der Waals surface area contributed by atoms with Crippen LogP contribution in [0.5, 0.6) is 0 Å². The number of benzene rings is 1. The molecule has 2 aliphatic rings. The fraction of sp³-hybridized carbons (Fsp3) is 0.294. The van der Waals surface area contributed by atoms with Crippen molar-refractivity contribution in [2.45, 2.75) is 44.7 Å². The topological polar surface area (TPSA) is 45.7 Å². The van der Waals surface area contributed by atoms with Crippen LogP contribution >= 0.6 is 11.3 Å². The minimum atomic E-state index is -0.0471. The second-order valence-electron chi connectivity index (χ2n) is 10.7. The molecule has 2 N–H and O–H groups in total. The van der Waals surface area contributed by atoms with E-state index in [0.717, 1.165) is 62.1 Å². The van der Waals surface area contributed by atoms with Gasteiger partial charge < -0.3 is 24.8 Å². The monoisotopic (exact) mass is 552 g/mol. The van der Waals surface area contributed by atoms with Gasteiger partial charge in [0.2, 0.25) is 0 Å². The molecule has 1 aromatic carbocycles. The number of para-hydroxylation sites is 1. The molecule has 4 heterocycles. The lowest BCUT2D eigenvalue weighted by atomic mass is 9.92. The number of hydrogen-bond donors (Lipinski definition) is 2. The lowest BCUT2D eigenvalue weighted by Gasteiger charge is -2.44. The zero-order valence-electron chi connectivity index (χ0n) is 23.5. The first-order valence-electron chi connectivity index (χ1n) is 14.0. The Balaban J connectivity index is 1.44. The van der Waals surface area contributed by atoms with E-state index in [4.69, 9.17) is 0 Å². The normalized spacial score (nSPS) is 19.0. The molecule has 1 unspecified atom stereocenters. The number of likely N-dealkylation sites (N-methyl/N-ethyl adjacent to an activating group) is 1. The van der Waals surface area contributed by atoms with Crippen LogP contribution < -0.4 is 0 Å². The number of fused-ring (bicyclic) bond motifs is 1. The number of likely N-dealkylation sites (tertiary alicyclic amines) is 1. The molecule has 40 heavy (non-hydrogen) atoms. The summed E-state index contributed by atoms with van der Waals surface area (Å²) in [6.45, 7) is 15.2. The summed E-state index contributed by atoms with van der Waals surface area (Å²) in [6.07, 6.45) is 14.1. The highest BCUT2D eigenvalue weighted by molar-refractivity contribution is 7.07. The summed E-state index contributed by atoms with van der Waals surface area (Å²) in [4.78, 5) is 10.3. The number of allylic oxidation sites excluding steroid dienone is 5. The number of aromatic nitrogens is 1. The maximum absolute atomic E-state index is 10.7. The third-order valence-corrected chi connectivity index (χ3v) is 8.99. The van der Waals surface area contributed by atoms with Gasteiger partial charge in [-0.05, 0) is 65.3 Å². The van der Waals surface area contributed by atoms with Gasteiger partial charge in [-0.3, -0.25) is 0 Å². The van der Waals surface area contributed by atoms with Gasteiger partial charge in [-0.2, -0.15) is 11.3 Å². The maximum atomic E-state index is 10.7. The van der Waals surface area contributed by atoms with Crippen LogP contribution in [0.15, 0.2) is 120 Å². The molecule has 0 aliphatic carbocycles. The van der Waals surface area contributed by atoms with Crippen LogP contribution in [-0.4, -0.2) is 51.0 Å². The van der Waals surface area contributed by atoms with Gasteiger partial charge in [-0.15, -0.1) is 0 Å². The molecule has 0 amide bonds. The van der Waals surface area contributed by atoms with E-state index >= 15 is 0 Å². The number of nitrogens with one attached hydrogen (secondary N) is 1. The van der Waals surface area contributed by atoms with Crippen molar-refractivity contribution in [1.29, 1.82) is 0 Å². The number of aliphatic hydroxyl groups excluding tert-OH is 1. The second-order valence-corrected chi connectivity index (χ2v) is 11.5. The predicted molar refractivity (Wildman–Crippen MR) is 169 cm³/mol. The molecule has 3 aromatic rings. The molecule has 1 saturated heterocycles. The quantitative estimate of drug-likeness (QED) is 0.188. The number of rotatable bonds is 11. The largest absolute Gasteiger partial charge is 0.514 e. The predicted octanol–water partition coefficient (Wildman–Crippen LogP) is 7.89. The minimum absolute atomic E-state index is 0.0471. The summed E-state index contributed by atoms with van der Waals surface area (Å²) in [5.41, 5.74) is 9.29. The van der Waals surface area contributed by atoms with Gasteiger partial charge in [0.05, 0.1) is 18.3 Å². The highest BCUT2D eigenvalue weighted by atomic mass is 32.1. The molecule has 2 aliphatic heterocycles. The minimum Gasteiger partial charge on any atom is -0.514 e. The van der Waals surface area contributed by atoms with Crippen LogP contribution in [0, 0.1) is 0 Å². The number of thiophene rings is 1. The summed E-state index contributed by atoms with van der Waals surface area (Å²) in [7, 11) is 2.11. The van der Waals surface area contributed by atoms with Crippen molar-refractivity contribution in [2.24, 2.45) is 0 Å². The van der Waals surface area contributed by atoms with Crippen molar-refractivity contribution in [1.82, 2.24) is 19.7 Å². The van der Waals surface area contributed by atoms with Crippen molar-refractivity contribution in [2.75, 3.05) is 20.1 Å². The van der Waals surface area contributed by atoms with Crippen LogP contribution in [0.1, 0.15) is 36.8 Å². The van der Waals surface area contributed by atoms with Gasteiger partial charge in [-0.25, -0.2) is 0 Å². The molecule has 0 radical (unpaired) electrons. The molecule has 0 spiro atoms. The van der Waals surface area contributed by atoms with Gasteiger partial charge >= 0.3 is 0 Å². The number of hydrogen-bond acceptors (Lipinski definition) is 5. The van der Waals surface area contributed by atoms with E-state index in [9.17, 15) is 5.11 Å². The number of nitrogens with zero attached hydrogens (tertiary/aromatic N) is 3. The molecule has 1 atom stereocenters. The second kappa shape index (κ2) is 12.5. The van der Waals surface area contributed by atoms with E-state index in [0.29, 0.717) is 6.54 Å². The van der Waals surface area contributed by atoms with E-state index < -0.39 is 0 Å². The van der Waals surface area contributed by atoms with Crippen LogP contribution in [0.4, 0.5) is 0 Å². The summed E-state index contributed by atoms with van der Waals surface area (Å²) >= 11 is 1.70. The van der Waals surface area contributed by atoms with Gasteiger partial charge in [0.1, 0.15) is 6.26 Å². The lowest BCUT2D eigenvalue weighted by molar-refractivity contribution is 0.223. The van der Waals surface area contributed by atoms with E-state index in [1.807, 2.05) is 12.2 Å². The fourth-order valence-electron chi connectivity index (χ4n) is 5.89. The Kier molecular flexibility index (Phi) is 8.66. The molecule has 208 valence electrons. The van der Waals surface area contributed by atoms with Crippen molar-refractivity contribution >= 4 is 22.2 Å². The van der Waals surface area contributed by atoms with Crippen LogP contribution in [0.3, 0.4) is 0 Å². The highest BCUT2D eigenvalue weighted by Gasteiger charge is 2.35. The standard InChI is InChI=1S/C34H40N4OS/c1-5-6-11-28-19-32(36(4)25(2)14-15-29-20-35-31-13-8-7-12-30(29)31)34(23-39)38(21-27-16-18-40-24-27)33(28)22-37-17-9-10-26(37)3/h5-8,11-13,16,18,20,23-24,32,35,39H,1-3,9-10,14-15,17,19,21-22H2,4H3/b11-6-,34-23?. The molecule has 6 heteroatoms. The molecular formula is C34H40N4OS. The lowest BCUT2D eigenvalue weighted by Crippen LogP contribution is -2.45. The molecule has 0 bridgehead atoms. The van der Waals surface area contributed by atoms with E-state index in [1.165, 1.54) is 39.7 Å². The first kappa shape index (κ1) is 27.7. The Morgan fingerprint density at radius 1 is 1.25 bits per heavy atom. The summed E-state index contributed by atoms with van der Waals surface area (Å²) in [5, 5.41) is 16.3. The van der Waals surface area contributed by atoms with Crippen LogP contribution in [0.2, 0.25) is 0 Å². The number of H-pyrrole nitrogens is 1. The zero-order chi connectivity index (χ0) is 28.1. The molecule has 1 fully saturated rings. The van der Waals surface area contributed by atoms with Gasteiger partial charge in [0.15, 0.2) is 0 Å². The van der Waals surface area contributed by atoms with Crippen molar-refractivity contribution < 1.29 is 5.11 Å². The van der Waals surface area contributed by atoms with E-state index in [2.05, 4.69) is 99.8 Å². The zero-order valence-corrected chi connectivity index (χ0v) is 24.3. The first-order valence-corrected chi connectivity index (χ1v) is 15.0. The van der Waals surface area contributed by atoms with Gasteiger partial charge in [-0.1, -0.05) is 56.2 Å². The van der Waals surface area contributed by atoms with Crippen LogP contribution in [-0.2, 0) is 13.0 Å². The Hall–Kier alpha value is -3.90. The van der Waals surface area contributed by atoms with Crippen molar-refractivity contribution in [3.8, 4) is 0 Å². The number of aryl methyl sites for hydroxylation is 1. The van der Waals surface area contributed by atoms with Crippen molar-refractivity contribution in [3.05, 3.63) is 131 Å². The Bertz CT molecular complexity index is 1460. The summed E-state index contributed by atoms with van der Waals surface area (Å²) in [5.74, 6) is 0. The maximum Gasteiger partial charge on any atom is 0.101 e. The average molecular weight is 553 g/mol. The molecule has 0 saturated carbocycles. The van der Waals surface area contributed by atoms with Crippen LogP contribution in [0.25, 0.3) is 10.9 Å². The third kappa shape index (κ3) is 5.82. The number of aliphatic hydroxyl groups is 1. The summed E-state index contributed by atoms with van der Waals surface area (Å²) < 4.78 is 0. The third-order valence-electron chi connectivity index (χ3n) is 8.25. The molecule has 5 rings (SSSR count). The highest BCUT2D eigenvalue weighted by Crippen LogP contribution is 2.38. The summed E-state index contributed by atoms with van der Waals surface area (Å²) in [6, 6.07) is 10.5. The first-order chi connectivity index (χ1) is 19.5. The van der Waals surface area contributed by atoms with E-state index in [1.54, 1.807) is 11.3 Å². The van der Waals surface area contributed by atoms with Gasteiger partial charge in [0.25, 0.3) is 0 Å². The smallest absolute Gasteiger partial charge is 0.101 e. The number of aromatic amines is 1. The Labute approximate surface area is 242 Å². The van der Waals surface area contributed by atoms with E-state index in [-0.39, 0.29) is 6.04 Å². The Morgan fingerprint density at radius 3 is 2.83 bits per heavy atom. The molecule has 5 nitrogen and oxygen atoms in total. The molecule has 2 aromatic heterocycles. The van der Waals surface area contributed by atoms with Crippen molar-refractivity contribution in [3.63, 3.8) is 0 Å². The Morgan fingerprint density at radius 2 is 2.10 bits per heavy atom. The molecular weight excluding hydrogens is 512 g/mol. The average Bonchev–Trinajstić information content (AvgIpc) is 3.73. The fourth-order valence-corrected chi connectivity index (χ4v) is 6.55. The SMILES string of the molecule is C=C/C=C\C1=C(CN2CCCC2=C)N(Cc2ccsc2)C(=CO)C(N(C)C(=C)CCc2c[nH]c3ccccc23)C1.